The number of carbonyl (C=O) groups is 1. The molecule has 3 nitrogen and oxygen atoms in total. The molecule has 2 rings (SSSR count). The summed E-state index contributed by atoms with van der Waals surface area (Å²) in [5.41, 5.74) is 0.0168. The SMILES string of the molecule is O=C(O)c1ccc(NCCc2ccc(F)cc2)c(F)c1F. The highest BCUT2D eigenvalue weighted by molar-refractivity contribution is 5.88. The van der Waals surface area contributed by atoms with Crippen LogP contribution in [0, 0.1) is 17.5 Å². The molecular formula is C15H12F3NO2. The number of anilines is 1. The summed E-state index contributed by atoms with van der Waals surface area (Å²) in [7, 11) is 0. The van der Waals surface area contributed by atoms with Crippen LogP contribution >= 0.6 is 0 Å². The minimum atomic E-state index is -1.52. The smallest absolute Gasteiger partial charge is 0.338 e. The largest absolute Gasteiger partial charge is 0.478 e. The molecule has 0 aliphatic heterocycles. The van der Waals surface area contributed by atoms with Crippen molar-refractivity contribution in [1.82, 2.24) is 0 Å². The zero-order valence-corrected chi connectivity index (χ0v) is 10.9. The van der Waals surface area contributed by atoms with Gasteiger partial charge in [0, 0.05) is 6.54 Å². The lowest BCUT2D eigenvalue weighted by Gasteiger charge is -2.09. The van der Waals surface area contributed by atoms with Gasteiger partial charge in [0.25, 0.3) is 0 Å². The molecular weight excluding hydrogens is 283 g/mol. The lowest BCUT2D eigenvalue weighted by atomic mass is 10.1. The molecule has 0 spiro atoms. The maximum atomic E-state index is 13.7. The van der Waals surface area contributed by atoms with Crippen molar-refractivity contribution in [2.75, 3.05) is 11.9 Å². The second-order valence-electron chi connectivity index (χ2n) is 4.40. The first-order chi connectivity index (χ1) is 9.99. The van der Waals surface area contributed by atoms with Crippen LogP contribution in [0.15, 0.2) is 36.4 Å². The number of carboxylic acid groups (broad SMARTS) is 1. The van der Waals surface area contributed by atoms with Crippen molar-refractivity contribution in [2.45, 2.75) is 6.42 Å². The van der Waals surface area contributed by atoms with Crippen molar-refractivity contribution in [3.63, 3.8) is 0 Å². The van der Waals surface area contributed by atoms with E-state index in [4.69, 9.17) is 5.11 Å². The van der Waals surface area contributed by atoms with E-state index in [1.54, 1.807) is 12.1 Å². The molecule has 0 saturated carbocycles. The summed E-state index contributed by atoms with van der Waals surface area (Å²) in [6, 6.07) is 8.00. The van der Waals surface area contributed by atoms with Gasteiger partial charge in [-0.2, -0.15) is 0 Å². The molecule has 0 bridgehead atoms. The van der Waals surface area contributed by atoms with Crippen LogP contribution in [0.1, 0.15) is 15.9 Å². The van der Waals surface area contributed by atoms with E-state index < -0.39 is 23.2 Å². The number of halogens is 3. The third-order valence-electron chi connectivity index (χ3n) is 2.96. The quantitative estimate of drug-likeness (QED) is 0.888. The Morgan fingerprint density at radius 3 is 2.29 bits per heavy atom. The number of hydrogen-bond donors (Lipinski definition) is 2. The molecule has 0 radical (unpaired) electrons. The third kappa shape index (κ3) is 3.53. The first-order valence-corrected chi connectivity index (χ1v) is 6.18. The molecule has 0 amide bonds. The van der Waals surface area contributed by atoms with Gasteiger partial charge in [-0.1, -0.05) is 12.1 Å². The maximum absolute atomic E-state index is 13.7. The minimum Gasteiger partial charge on any atom is -0.478 e. The van der Waals surface area contributed by atoms with E-state index in [0.717, 1.165) is 11.6 Å². The van der Waals surface area contributed by atoms with Gasteiger partial charge in [0.2, 0.25) is 0 Å². The van der Waals surface area contributed by atoms with E-state index in [9.17, 15) is 18.0 Å². The van der Waals surface area contributed by atoms with Gasteiger partial charge >= 0.3 is 5.97 Å². The number of rotatable bonds is 5. The normalized spacial score (nSPS) is 10.4. The fourth-order valence-corrected chi connectivity index (χ4v) is 1.84. The van der Waals surface area contributed by atoms with Crippen molar-refractivity contribution in [2.24, 2.45) is 0 Å². The Kier molecular flexibility index (Phi) is 4.47. The van der Waals surface area contributed by atoms with E-state index in [1.165, 1.54) is 18.2 Å². The van der Waals surface area contributed by atoms with Crippen LogP contribution in [0.5, 0.6) is 0 Å². The Morgan fingerprint density at radius 1 is 1.00 bits per heavy atom. The number of nitrogens with one attached hydrogen (secondary N) is 1. The molecule has 0 aliphatic rings. The van der Waals surface area contributed by atoms with Gasteiger partial charge in [-0.25, -0.2) is 18.0 Å². The zero-order valence-electron chi connectivity index (χ0n) is 10.9. The van der Waals surface area contributed by atoms with E-state index >= 15 is 0 Å². The summed E-state index contributed by atoms with van der Waals surface area (Å²) < 4.78 is 39.8. The van der Waals surface area contributed by atoms with E-state index in [0.29, 0.717) is 13.0 Å². The van der Waals surface area contributed by atoms with Crippen LogP contribution in [0.25, 0.3) is 0 Å². The van der Waals surface area contributed by atoms with Crippen LogP contribution < -0.4 is 5.32 Å². The van der Waals surface area contributed by atoms with E-state index in [-0.39, 0.29) is 11.5 Å². The molecule has 0 atom stereocenters. The third-order valence-corrected chi connectivity index (χ3v) is 2.96. The van der Waals surface area contributed by atoms with Gasteiger partial charge < -0.3 is 10.4 Å². The van der Waals surface area contributed by atoms with Gasteiger partial charge in [-0.15, -0.1) is 0 Å². The van der Waals surface area contributed by atoms with E-state index in [1.807, 2.05) is 0 Å². The van der Waals surface area contributed by atoms with Gasteiger partial charge in [-0.3, -0.25) is 0 Å². The summed E-state index contributed by atoms with van der Waals surface area (Å²) in [5, 5.41) is 11.4. The van der Waals surface area contributed by atoms with Crippen molar-refractivity contribution in [3.8, 4) is 0 Å². The highest BCUT2D eigenvalue weighted by atomic mass is 19.2. The standard InChI is InChI=1S/C15H12F3NO2/c16-10-3-1-9(2-4-10)7-8-19-12-6-5-11(15(20)21)13(17)14(12)18/h1-6,19H,7-8H2,(H,20,21). The average molecular weight is 295 g/mol. The molecule has 2 N–H and O–H groups in total. The van der Waals surface area contributed by atoms with Gasteiger partial charge in [0.1, 0.15) is 5.82 Å². The van der Waals surface area contributed by atoms with Crippen LogP contribution in [0.3, 0.4) is 0 Å². The van der Waals surface area contributed by atoms with Crippen molar-refractivity contribution < 1.29 is 23.1 Å². The first kappa shape index (κ1) is 14.9. The Balaban J connectivity index is 2.02. The van der Waals surface area contributed by atoms with Gasteiger partial charge in [0.15, 0.2) is 11.6 Å². The van der Waals surface area contributed by atoms with Crippen molar-refractivity contribution >= 4 is 11.7 Å². The molecule has 0 saturated heterocycles. The summed E-state index contributed by atoms with van der Waals surface area (Å²) in [4.78, 5) is 10.7. The van der Waals surface area contributed by atoms with Crippen molar-refractivity contribution in [1.29, 1.82) is 0 Å². The lowest BCUT2D eigenvalue weighted by Crippen LogP contribution is -2.10. The topological polar surface area (TPSA) is 49.3 Å². The number of aromatic carboxylic acids is 1. The fraction of sp³-hybridized carbons (Fsp3) is 0.133. The molecule has 2 aromatic rings. The average Bonchev–Trinajstić information content (AvgIpc) is 2.45. The molecule has 21 heavy (non-hydrogen) atoms. The predicted molar refractivity (Wildman–Crippen MR) is 71.9 cm³/mol. The fourth-order valence-electron chi connectivity index (χ4n) is 1.84. The summed E-state index contributed by atoms with van der Waals surface area (Å²) >= 11 is 0. The Bertz CT molecular complexity index is 657. The molecule has 0 heterocycles. The van der Waals surface area contributed by atoms with Crippen LogP contribution in [-0.4, -0.2) is 17.6 Å². The zero-order chi connectivity index (χ0) is 15.4. The minimum absolute atomic E-state index is 0.111. The Morgan fingerprint density at radius 2 is 1.67 bits per heavy atom. The number of benzene rings is 2. The first-order valence-electron chi connectivity index (χ1n) is 6.18. The Hall–Kier alpha value is -2.50. The highest BCUT2D eigenvalue weighted by Gasteiger charge is 2.17. The number of carboxylic acids is 1. The van der Waals surface area contributed by atoms with Crippen LogP contribution in [-0.2, 0) is 6.42 Å². The molecule has 110 valence electrons. The van der Waals surface area contributed by atoms with Gasteiger partial charge in [0.05, 0.1) is 11.3 Å². The van der Waals surface area contributed by atoms with Crippen LogP contribution in [0.4, 0.5) is 18.9 Å². The molecule has 0 aliphatic carbocycles. The number of hydrogen-bond acceptors (Lipinski definition) is 2. The monoisotopic (exact) mass is 295 g/mol. The summed E-state index contributed by atoms with van der Waals surface area (Å²) in [6.07, 6.45) is 0.488. The molecule has 0 fully saturated rings. The molecule has 6 heteroatoms. The molecule has 2 aromatic carbocycles. The second kappa shape index (κ2) is 6.30. The van der Waals surface area contributed by atoms with Crippen LogP contribution in [0.2, 0.25) is 0 Å². The summed E-state index contributed by atoms with van der Waals surface area (Å²) in [5.74, 6) is -4.49. The summed E-state index contributed by atoms with van der Waals surface area (Å²) in [6.45, 7) is 0.300. The molecule has 0 unspecified atom stereocenters. The molecule has 0 aromatic heterocycles. The van der Waals surface area contributed by atoms with E-state index in [2.05, 4.69) is 5.32 Å². The predicted octanol–water partition coefficient (Wildman–Crippen LogP) is 3.46. The highest BCUT2D eigenvalue weighted by Crippen LogP contribution is 2.20. The van der Waals surface area contributed by atoms with Gasteiger partial charge in [-0.05, 0) is 36.2 Å². The second-order valence-corrected chi connectivity index (χ2v) is 4.40. The van der Waals surface area contributed by atoms with Crippen molar-refractivity contribution in [3.05, 3.63) is 65.0 Å². The maximum Gasteiger partial charge on any atom is 0.338 e. The lowest BCUT2D eigenvalue weighted by molar-refractivity contribution is 0.0690. The Labute approximate surface area is 119 Å².